The summed E-state index contributed by atoms with van der Waals surface area (Å²) in [5, 5.41) is 3.83. The Morgan fingerprint density at radius 1 is 1.18 bits per heavy atom. The Bertz CT molecular complexity index is 509. The minimum atomic E-state index is 1.14. The van der Waals surface area contributed by atoms with Gasteiger partial charge in [-0.05, 0) is 54.7 Å². The van der Waals surface area contributed by atoms with E-state index >= 15 is 0 Å². The van der Waals surface area contributed by atoms with Crippen LogP contribution in [0.25, 0.3) is 10.1 Å². The Balaban J connectivity index is 1.87. The summed E-state index contributed by atoms with van der Waals surface area (Å²) in [7, 11) is 0. The summed E-state index contributed by atoms with van der Waals surface area (Å²) in [5.41, 5.74) is 2.94. The van der Waals surface area contributed by atoms with Crippen LogP contribution in [0.15, 0.2) is 23.6 Å². The normalized spacial score (nSPS) is 17.7. The number of piperidine rings is 1. The second-order valence-electron chi connectivity index (χ2n) is 5.05. The average Bonchev–Trinajstić information content (AvgIpc) is 2.76. The molecular weight excluding hydrogens is 226 g/mol. The van der Waals surface area contributed by atoms with Crippen LogP contribution in [-0.2, 0) is 6.54 Å². The first-order valence-corrected chi connectivity index (χ1v) is 7.40. The monoisotopic (exact) mass is 245 g/mol. The first-order valence-electron chi connectivity index (χ1n) is 6.52. The maximum atomic E-state index is 2.60. The molecule has 2 aromatic rings. The molecule has 0 atom stereocenters. The lowest BCUT2D eigenvalue weighted by atomic mass is 10.1. The molecule has 0 amide bonds. The summed E-state index contributed by atoms with van der Waals surface area (Å²) in [6.07, 6.45) is 4.17. The molecule has 1 aromatic heterocycles. The second kappa shape index (κ2) is 4.79. The van der Waals surface area contributed by atoms with Crippen LogP contribution in [0.2, 0.25) is 0 Å². The molecule has 1 nitrogen and oxygen atoms in total. The number of aryl methyl sites for hydroxylation is 1. The molecule has 0 N–H and O–H groups in total. The van der Waals surface area contributed by atoms with E-state index < -0.39 is 0 Å². The maximum absolute atomic E-state index is 2.60. The van der Waals surface area contributed by atoms with E-state index in [-0.39, 0.29) is 0 Å². The van der Waals surface area contributed by atoms with Crippen molar-refractivity contribution in [2.24, 2.45) is 0 Å². The molecule has 0 unspecified atom stereocenters. The van der Waals surface area contributed by atoms with E-state index in [2.05, 4.69) is 35.4 Å². The molecule has 0 bridgehead atoms. The summed E-state index contributed by atoms with van der Waals surface area (Å²) in [6, 6.07) is 6.67. The molecule has 3 rings (SSSR count). The van der Waals surface area contributed by atoms with Crippen LogP contribution in [-0.4, -0.2) is 18.0 Å². The van der Waals surface area contributed by atoms with Gasteiger partial charge in [-0.15, -0.1) is 11.3 Å². The van der Waals surface area contributed by atoms with Gasteiger partial charge in [-0.3, -0.25) is 4.90 Å². The van der Waals surface area contributed by atoms with E-state index in [0.717, 1.165) is 6.54 Å². The smallest absolute Gasteiger partial charge is 0.0375 e. The predicted molar refractivity (Wildman–Crippen MR) is 75.7 cm³/mol. The first kappa shape index (κ1) is 11.2. The second-order valence-corrected chi connectivity index (χ2v) is 5.93. The van der Waals surface area contributed by atoms with E-state index in [0.29, 0.717) is 0 Å². The van der Waals surface area contributed by atoms with Gasteiger partial charge in [0.05, 0.1) is 0 Å². The Morgan fingerprint density at radius 2 is 2.00 bits per heavy atom. The molecule has 1 aliphatic heterocycles. The molecule has 90 valence electrons. The third-order valence-corrected chi connectivity index (χ3v) is 4.90. The molecule has 2 heteroatoms. The van der Waals surface area contributed by atoms with E-state index in [9.17, 15) is 0 Å². The number of benzene rings is 1. The lowest BCUT2D eigenvalue weighted by Gasteiger charge is -2.26. The van der Waals surface area contributed by atoms with Gasteiger partial charge in [0, 0.05) is 11.2 Å². The SMILES string of the molecule is Cc1cccc2c(CN3CCCCC3)csc12. The first-order chi connectivity index (χ1) is 8.34. The standard InChI is InChI=1S/C15H19NS/c1-12-6-5-7-14-13(11-17-15(12)14)10-16-8-3-2-4-9-16/h5-7,11H,2-4,8-10H2,1H3. The van der Waals surface area contributed by atoms with E-state index in [1.807, 2.05) is 11.3 Å². The Hall–Kier alpha value is -0.860. The summed E-state index contributed by atoms with van der Waals surface area (Å²) in [6.45, 7) is 5.92. The van der Waals surface area contributed by atoms with Gasteiger partial charge in [0.25, 0.3) is 0 Å². The van der Waals surface area contributed by atoms with Crippen molar-refractivity contribution < 1.29 is 0 Å². The zero-order valence-corrected chi connectivity index (χ0v) is 11.2. The van der Waals surface area contributed by atoms with Gasteiger partial charge in [0.1, 0.15) is 0 Å². The van der Waals surface area contributed by atoms with Crippen LogP contribution in [0, 0.1) is 6.92 Å². The molecule has 0 spiro atoms. The molecule has 2 heterocycles. The van der Waals surface area contributed by atoms with Gasteiger partial charge < -0.3 is 0 Å². The molecule has 0 saturated carbocycles. The van der Waals surface area contributed by atoms with Crippen molar-refractivity contribution in [3.8, 4) is 0 Å². The van der Waals surface area contributed by atoms with Gasteiger partial charge in [0.15, 0.2) is 0 Å². The average molecular weight is 245 g/mol. The predicted octanol–water partition coefficient (Wildman–Crippen LogP) is 4.20. The number of hydrogen-bond donors (Lipinski definition) is 0. The number of fused-ring (bicyclic) bond motifs is 1. The van der Waals surface area contributed by atoms with Crippen LogP contribution in [0.1, 0.15) is 30.4 Å². The topological polar surface area (TPSA) is 3.24 Å². The van der Waals surface area contributed by atoms with Crippen LogP contribution in [0.5, 0.6) is 0 Å². The lowest BCUT2D eigenvalue weighted by molar-refractivity contribution is 0.222. The molecule has 1 saturated heterocycles. The fraction of sp³-hybridized carbons (Fsp3) is 0.467. The van der Waals surface area contributed by atoms with Crippen LogP contribution < -0.4 is 0 Å². The zero-order chi connectivity index (χ0) is 11.7. The number of hydrogen-bond acceptors (Lipinski definition) is 2. The Morgan fingerprint density at radius 3 is 2.82 bits per heavy atom. The number of rotatable bonds is 2. The van der Waals surface area contributed by atoms with Crippen molar-refractivity contribution in [2.45, 2.75) is 32.7 Å². The largest absolute Gasteiger partial charge is 0.299 e. The Labute approximate surface area is 107 Å². The molecular formula is C15H19NS. The summed E-state index contributed by atoms with van der Waals surface area (Å²) < 4.78 is 1.47. The quantitative estimate of drug-likeness (QED) is 0.766. The highest BCUT2D eigenvalue weighted by atomic mass is 32.1. The van der Waals surface area contributed by atoms with Crippen molar-refractivity contribution in [1.82, 2.24) is 4.90 Å². The molecule has 0 aliphatic carbocycles. The van der Waals surface area contributed by atoms with Gasteiger partial charge >= 0.3 is 0 Å². The molecule has 17 heavy (non-hydrogen) atoms. The third-order valence-electron chi connectivity index (χ3n) is 3.72. The van der Waals surface area contributed by atoms with Gasteiger partial charge in [0.2, 0.25) is 0 Å². The lowest BCUT2D eigenvalue weighted by Crippen LogP contribution is -2.28. The highest BCUT2D eigenvalue weighted by Crippen LogP contribution is 2.30. The fourth-order valence-corrected chi connectivity index (χ4v) is 3.78. The fourth-order valence-electron chi connectivity index (χ4n) is 2.74. The van der Waals surface area contributed by atoms with Gasteiger partial charge in [-0.2, -0.15) is 0 Å². The van der Waals surface area contributed by atoms with E-state index in [1.54, 1.807) is 0 Å². The van der Waals surface area contributed by atoms with E-state index in [4.69, 9.17) is 0 Å². The number of nitrogens with zero attached hydrogens (tertiary/aromatic N) is 1. The summed E-state index contributed by atoms with van der Waals surface area (Å²) >= 11 is 1.90. The van der Waals surface area contributed by atoms with Crippen LogP contribution in [0.4, 0.5) is 0 Å². The van der Waals surface area contributed by atoms with Crippen LogP contribution >= 0.6 is 11.3 Å². The highest BCUT2D eigenvalue weighted by molar-refractivity contribution is 7.17. The maximum Gasteiger partial charge on any atom is 0.0375 e. The number of thiophene rings is 1. The van der Waals surface area contributed by atoms with Gasteiger partial charge in [-0.25, -0.2) is 0 Å². The van der Waals surface area contributed by atoms with Gasteiger partial charge in [-0.1, -0.05) is 24.6 Å². The van der Waals surface area contributed by atoms with Crippen molar-refractivity contribution >= 4 is 21.4 Å². The zero-order valence-electron chi connectivity index (χ0n) is 10.4. The minimum Gasteiger partial charge on any atom is -0.299 e. The van der Waals surface area contributed by atoms with Crippen molar-refractivity contribution in [3.05, 3.63) is 34.7 Å². The summed E-state index contributed by atoms with van der Waals surface area (Å²) in [4.78, 5) is 2.60. The van der Waals surface area contributed by atoms with Crippen molar-refractivity contribution in [1.29, 1.82) is 0 Å². The minimum absolute atomic E-state index is 1.14. The highest BCUT2D eigenvalue weighted by Gasteiger charge is 2.13. The molecule has 1 aromatic carbocycles. The van der Waals surface area contributed by atoms with E-state index in [1.165, 1.54) is 53.6 Å². The third kappa shape index (κ3) is 2.24. The molecule has 0 radical (unpaired) electrons. The Kier molecular flexibility index (Phi) is 3.17. The molecule has 1 aliphatic rings. The van der Waals surface area contributed by atoms with Crippen molar-refractivity contribution in [3.63, 3.8) is 0 Å². The molecule has 1 fully saturated rings. The van der Waals surface area contributed by atoms with Crippen molar-refractivity contribution in [2.75, 3.05) is 13.1 Å². The number of likely N-dealkylation sites (tertiary alicyclic amines) is 1. The van der Waals surface area contributed by atoms with Crippen LogP contribution in [0.3, 0.4) is 0 Å². The summed E-state index contributed by atoms with van der Waals surface area (Å²) in [5.74, 6) is 0.